The first kappa shape index (κ1) is 10.5. The lowest BCUT2D eigenvalue weighted by molar-refractivity contribution is 0.172. The number of methoxy groups -OCH3 is 1. The first-order valence-corrected chi connectivity index (χ1v) is 6.53. The Kier molecular flexibility index (Phi) is 8.03. The van der Waals surface area contributed by atoms with Gasteiger partial charge in [0.25, 0.3) is 0 Å². The first-order valence-electron chi connectivity index (χ1n) is 4.02. The number of hydrogen-bond donors (Lipinski definition) is 1. The lowest BCUT2D eigenvalue weighted by Crippen LogP contribution is -2.02. The molecule has 0 spiro atoms. The van der Waals surface area contributed by atoms with Crippen LogP contribution < -0.4 is 0 Å². The molecule has 0 aromatic rings. The van der Waals surface area contributed by atoms with Crippen molar-refractivity contribution in [1.29, 1.82) is 0 Å². The van der Waals surface area contributed by atoms with Crippen LogP contribution in [0.5, 0.6) is 0 Å². The molecule has 0 saturated carbocycles. The van der Waals surface area contributed by atoms with E-state index in [0.717, 1.165) is 6.42 Å². The third-order valence-corrected chi connectivity index (χ3v) is 4.16. The van der Waals surface area contributed by atoms with Gasteiger partial charge in [0.1, 0.15) is 0 Å². The maximum atomic E-state index is 5.02. The van der Waals surface area contributed by atoms with Gasteiger partial charge in [0.05, 0.1) is 5.44 Å². The Bertz CT molecular complexity index is 70.6. The summed E-state index contributed by atoms with van der Waals surface area (Å²) in [6.45, 7) is 2.25. The summed E-state index contributed by atoms with van der Waals surface area (Å²) in [6.07, 6.45) is 2.50. The van der Waals surface area contributed by atoms with Gasteiger partial charge in [-0.1, -0.05) is 25.4 Å². The molecule has 0 saturated heterocycles. The molecule has 0 amide bonds. The Morgan fingerprint density at radius 1 is 1.50 bits per heavy atom. The second kappa shape index (κ2) is 7.63. The topological polar surface area (TPSA) is 9.23 Å². The fourth-order valence-corrected chi connectivity index (χ4v) is 2.90. The van der Waals surface area contributed by atoms with E-state index in [1.165, 1.54) is 18.5 Å². The summed E-state index contributed by atoms with van der Waals surface area (Å²) in [5.74, 6) is 0. The Labute approximate surface area is 71.8 Å². The molecule has 0 aromatic heterocycles. The lowest BCUT2D eigenvalue weighted by Gasteiger charge is -2.06. The SMILES string of the molecule is CCC[SiH2]CCC(S)OC. The second-order valence-electron chi connectivity index (χ2n) is 2.54. The van der Waals surface area contributed by atoms with Crippen molar-refractivity contribution in [3.05, 3.63) is 0 Å². The molecule has 1 nitrogen and oxygen atoms in total. The van der Waals surface area contributed by atoms with Gasteiger partial charge in [0, 0.05) is 16.6 Å². The summed E-state index contributed by atoms with van der Waals surface area (Å²) in [6, 6.07) is 2.86. The smallest absolute Gasteiger partial charge is 0.0992 e. The summed E-state index contributed by atoms with van der Waals surface area (Å²) in [4.78, 5) is 0. The molecule has 0 aliphatic carbocycles. The van der Waals surface area contributed by atoms with Crippen molar-refractivity contribution in [2.24, 2.45) is 0 Å². The van der Waals surface area contributed by atoms with Gasteiger partial charge < -0.3 is 4.74 Å². The summed E-state index contributed by atoms with van der Waals surface area (Å²) >= 11 is 4.23. The van der Waals surface area contributed by atoms with Crippen LogP contribution in [-0.4, -0.2) is 22.1 Å². The first-order chi connectivity index (χ1) is 4.81. The van der Waals surface area contributed by atoms with Crippen LogP contribution in [0.15, 0.2) is 0 Å². The van der Waals surface area contributed by atoms with Crippen molar-refractivity contribution < 1.29 is 4.74 Å². The van der Waals surface area contributed by atoms with Crippen molar-refractivity contribution in [3.8, 4) is 0 Å². The highest BCUT2D eigenvalue weighted by Gasteiger charge is 1.98. The van der Waals surface area contributed by atoms with Crippen molar-refractivity contribution in [3.63, 3.8) is 0 Å². The number of rotatable bonds is 6. The number of thiol groups is 1. The van der Waals surface area contributed by atoms with Crippen LogP contribution in [0.2, 0.25) is 12.1 Å². The number of hydrogen-bond acceptors (Lipinski definition) is 2. The molecule has 0 bridgehead atoms. The molecule has 0 radical (unpaired) electrons. The molecule has 1 atom stereocenters. The summed E-state index contributed by atoms with van der Waals surface area (Å²) in [5.41, 5.74) is 0.185. The number of ether oxygens (including phenoxy) is 1. The highest BCUT2D eigenvalue weighted by atomic mass is 32.1. The zero-order valence-electron chi connectivity index (χ0n) is 6.97. The minimum absolute atomic E-state index is 0.185. The molecule has 0 aliphatic rings. The van der Waals surface area contributed by atoms with Gasteiger partial charge in [-0.15, -0.1) is 12.6 Å². The van der Waals surface area contributed by atoms with E-state index >= 15 is 0 Å². The van der Waals surface area contributed by atoms with E-state index in [2.05, 4.69) is 19.6 Å². The average Bonchev–Trinajstić information content (AvgIpc) is 1.98. The van der Waals surface area contributed by atoms with E-state index in [1.807, 2.05) is 0 Å². The maximum Gasteiger partial charge on any atom is 0.0992 e. The monoisotopic (exact) mass is 178 g/mol. The predicted octanol–water partition coefficient (Wildman–Crippen LogP) is 1.69. The van der Waals surface area contributed by atoms with Crippen LogP contribution in [0.1, 0.15) is 19.8 Å². The second-order valence-corrected chi connectivity index (χ2v) is 5.24. The van der Waals surface area contributed by atoms with Gasteiger partial charge in [-0.3, -0.25) is 0 Å². The fraction of sp³-hybridized carbons (Fsp3) is 1.00. The highest BCUT2D eigenvalue weighted by Crippen LogP contribution is 2.06. The molecule has 1 unspecified atom stereocenters. The molecule has 0 heterocycles. The summed E-state index contributed by atoms with van der Waals surface area (Å²) in [7, 11) is 1.95. The quantitative estimate of drug-likeness (QED) is 0.282. The van der Waals surface area contributed by atoms with Crippen LogP contribution in [0.3, 0.4) is 0 Å². The Morgan fingerprint density at radius 2 is 2.20 bits per heavy atom. The Morgan fingerprint density at radius 3 is 2.70 bits per heavy atom. The minimum Gasteiger partial charge on any atom is -0.371 e. The Hall–Kier alpha value is 0.527. The molecule has 0 rings (SSSR count). The fourth-order valence-electron chi connectivity index (χ4n) is 0.864. The lowest BCUT2D eigenvalue weighted by atomic mass is 10.5. The van der Waals surface area contributed by atoms with E-state index in [4.69, 9.17) is 4.74 Å². The average molecular weight is 178 g/mol. The van der Waals surface area contributed by atoms with Gasteiger partial charge in [-0.2, -0.15) is 0 Å². The van der Waals surface area contributed by atoms with Gasteiger partial charge in [-0.25, -0.2) is 0 Å². The van der Waals surface area contributed by atoms with E-state index in [-0.39, 0.29) is 15.0 Å². The third-order valence-electron chi connectivity index (χ3n) is 1.58. The molecule has 10 heavy (non-hydrogen) atoms. The molecule has 3 heteroatoms. The van der Waals surface area contributed by atoms with Gasteiger partial charge in [0.15, 0.2) is 0 Å². The molecule has 0 N–H and O–H groups in total. The van der Waals surface area contributed by atoms with Crippen molar-refractivity contribution in [1.82, 2.24) is 0 Å². The molecule has 0 fully saturated rings. The van der Waals surface area contributed by atoms with Crippen molar-refractivity contribution in [2.75, 3.05) is 7.11 Å². The third kappa shape index (κ3) is 6.64. The highest BCUT2D eigenvalue weighted by molar-refractivity contribution is 7.80. The van der Waals surface area contributed by atoms with Gasteiger partial charge in [0.2, 0.25) is 0 Å². The summed E-state index contributed by atoms with van der Waals surface area (Å²) in [5, 5.41) is 0. The Balaban J connectivity index is 2.89. The van der Waals surface area contributed by atoms with Gasteiger partial charge >= 0.3 is 0 Å². The summed E-state index contributed by atoms with van der Waals surface area (Å²) < 4.78 is 5.02. The van der Waals surface area contributed by atoms with Crippen LogP contribution in [0, 0.1) is 0 Å². The molecule has 0 aliphatic heterocycles. The standard InChI is InChI=1S/C7H18OSSi/c1-3-5-10-6-4-7(9)8-2/h7,9H,3-6,10H2,1-2H3. The van der Waals surface area contributed by atoms with Crippen molar-refractivity contribution >= 4 is 22.1 Å². The van der Waals surface area contributed by atoms with Gasteiger partial charge in [-0.05, 0) is 6.42 Å². The zero-order valence-corrected chi connectivity index (χ0v) is 9.28. The zero-order chi connectivity index (χ0) is 7.82. The van der Waals surface area contributed by atoms with E-state index < -0.39 is 0 Å². The molecule has 0 aromatic carbocycles. The molecular formula is C7H18OSSi. The van der Waals surface area contributed by atoms with Crippen LogP contribution >= 0.6 is 12.6 Å². The minimum atomic E-state index is 0.185. The maximum absolute atomic E-state index is 5.02. The van der Waals surface area contributed by atoms with Crippen LogP contribution in [0.25, 0.3) is 0 Å². The van der Waals surface area contributed by atoms with E-state index in [0.29, 0.717) is 0 Å². The van der Waals surface area contributed by atoms with Crippen molar-refractivity contribution in [2.45, 2.75) is 37.3 Å². The largest absolute Gasteiger partial charge is 0.371 e. The van der Waals surface area contributed by atoms with E-state index in [9.17, 15) is 0 Å². The molecular weight excluding hydrogens is 160 g/mol. The normalized spacial score (nSPS) is 14.7. The predicted molar refractivity (Wildman–Crippen MR) is 52.8 cm³/mol. The van der Waals surface area contributed by atoms with Crippen LogP contribution in [-0.2, 0) is 4.74 Å². The van der Waals surface area contributed by atoms with Crippen LogP contribution in [0.4, 0.5) is 0 Å². The molecule has 62 valence electrons. The van der Waals surface area contributed by atoms with E-state index in [1.54, 1.807) is 7.11 Å².